The molecule has 3 aromatic heterocycles. The van der Waals surface area contributed by atoms with Crippen LogP contribution < -0.4 is 15.4 Å². The Balaban J connectivity index is 1.26. The first kappa shape index (κ1) is 24.3. The SMILES string of the molecule is O=C(Cc1cccs1)NC(=S)Nc1ccc(Oc2ccnc3cc(C(=O)N4CCCC4)sc23)c(F)c1. The van der Waals surface area contributed by atoms with Gasteiger partial charge in [-0.1, -0.05) is 6.07 Å². The average molecular weight is 541 g/mol. The molecule has 0 bridgehead atoms. The van der Waals surface area contributed by atoms with Gasteiger partial charge in [0.25, 0.3) is 5.91 Å². The molecule has 5 rings (SSSR count). The van der Waals surface area contributed by atoms with Gasteiger partial charge < -0.3 is 20.3 Å². The second-order valence-corrected chi connectivity index (χ2v) is 10.6. The van der Waals surface area contributed by atoms with Gasteiger partial charge in [0.05, 0.1) is 21.5 Å². The first-order valence-electron chi connectivity index (χ1n) is 11.2. The number of pyridine rings is 1. The molecule has 2 amide bonds. The average Bonchev–Trinajstić information content (AvgIpc) is 3.62. The quantitative estimate of drug-likeness (QED) is 0.311. The van der Waals surface area contributed by atoms with Crippen LogP contribution in [0, 0.1) is 5.82 Å². The van der Waals surface area contributed by atoms with Gasteiger partial charge in [-0.15, -0.1) is 22.7 Å². The summed E-state index contributed by atoms with van der Waals surface area (Å²) in [6.07, 6.45) is 3.81. The summed E-state index contributed by atoms with van der Waals surface area (Å²) in [7, 11) is 0. The summed E-state index contributed by atoms with van der Waals surface area (Å²) < 4.78 is 21.4. The van der Waals surface area contributed by atoms with E-state index in [4.69, 9.17) is 17.0 Å². The smallest absolute Gasteiger partial charge is 0.264 e. The van der Waals surface area contributed by atoms with Crippen LogP contribution in [0.1, 0.15) is 27.4 Å². The zero-order valence-electron chi connectivity index (χ0n) is 19.0. The highest BCUT2D eigenvalue weighted by Gasteiger charge is 2.22. The van der Waals surface area contributed by atoms with Gasteiger partial charge in [0.15, 0.2) is 16.7 Å². The maximum atomic E-state index is 14.9. The Bertz CT molecular complexity index is 1430. The minimum atomic E-state index is -0.609. The van der Waals surface area contributed by atoms with E-state index in [1.165, 1.54) is 34.8 Å². The molecule has 0 atom stereocenters. The molecule has 0 aliphatic carbocycles. The number of thiophene rings is 2. The largest absolute Gasteiger partial charge is 0.453 e. The number of ether oxygens (including phenoxy) is 1. The number of benzene rings is 1. The molecule has 7 nitrogen and oxygen atoms in total. The van der Waals surface area contributed by atoms with E-state index in [0.29, 0.717) is 26.5 Å². The molecule has 1 saturated heterocycles. The van der Waals surface area contributed by atoms with Crippen LogP contribution in [-0.2, 0) is 11.2 Å². The van der Waals surface area contributed by atoms with Crippen molar-refractivity contribution in [1.29, 1.82) is 0 Å². The molecule has 2 N–H and O–H groups in total. The van der Waals surface area contributed by atoms with E-state index in [2.05, 4.69) is 15.6 Å². The molecule has 0 radical (unpaired) electrons. The van der Waals surface area contributed by atoms with Gasteiger partial charge in [-0.05, 0) is 54.7 Å². The highest BCUT2D eigenvalue weighted by molar-refractivity contribution is 7.80. The van der Waals surface area contributed by atoms with Crippen molar-refractivity contribution in [1.82, 2.24) is 15.2 Å². The third-order valence-electron chi connectivity index (χ3n) is 5.56. The lowest BCUT2D eigenvalue weighted by molar-refractivity contribution is -0.118. The molecule has 1 aromatic carbocycles. The summed E-state index contributed by atoms with van der Waals surface area (Å²) in [5, 5.41) is 7.38. The fourth-order valence-corrected chi connectivity index (χ4v) is 5.83. The van der Waals surface area contributed by atoms with Crippen molar-refractivity contribution in [2.45, 2.75) is 19.3 Å². The number of amides is 2. The van der Waals surface area contributed by atoms with E-state index >= 15 is 0 Å². The highest BCUT2D eigenvalue weighted by Crippen LogP contribution is 2.36. The number of carbonyl (C=O) groups excluding carboxylic acids is 2. The lowest BCUT2D eigenvalue weighted by atomic mass is 10.3. The van der Waals surface area contributed by atoms with Crippen LogP contribution in [-0.4, -0.2) is 39.9 Å². The number of fused-ring (bicyclic) bond motifs is 1. The summed E-state index contributed by atoms with van der Waals surface area (Å²) in [6.45, 7) is 1.52. The van der Waals surface area contributed by atoms with Crippen molar-refractivity contribution in [3.63, 3.8) is 0 Å². The van der Waals surface area contributed by atoms with Crippen molar-refractivity contribution in [3.8, 4) is 11.5 Å². The summed E-state index contributed by atoms with van der Waals surface area (Å²) in [5.41, 5.74) is 0.998. The molecule has 1 fully saturated rings. The molecule has 1 aliphatic heterocycles. The molecule has 0 unspecified atom stereocenters. The van der Waals surface area contributed by atoms with Gasteiger partial charge in [0.1, 0.15) is 5.75 Å². The van der Waals surface area contributed by atoms with Gasteiger partial charge in [0.2, 0.25) is 5.91 Å². The first-order valence-corrected chi connectivity index (χ1v) is 13.3. The number of hydrogen-bond donors (Lipinski definition) is 2. The van der Waals surface area contributed by atoms with Crippen LogP contribution >= 0.6 is 34.9 Å². The normalized spacial score (nSPS) is 13.1. The second-order valence-electron chi connectivity index (χ2n) is 8.14. The second kappa shape index (κ2) is 10.7. The Morgan fingerprint density at radius 2 is 1.97 bits per heavy atom. The van der Waals surface area contributed by atoms with Crippen LogP contribution in [0.3, 0.4) is 0 Å². The number of carbonyl (C=O) groups is 2. The van der Waals surface area contributed by atoms with Crippen LogP contribution in [0.15, 0.2) is 54.0 Å². The van der Waals surface area contributed by atoms with E-state index in [-0.39, 0.29) is 29.1 Å². The van der Waals surface area contributed by atoms with Crippen molar-refractivity contribution < 1.29 is 18.7 Å². The van der Waals surface area contributed by atoms with Gasteiger partial charge in [-0.2, -0.15) is 0 Å². The zero-order valence-corrected chi connectivity index (χ0v) is 21.4. The lowest BCUT2D eigenvalue weighted by Gasteiger charge is -2.13. The lowest BCUT2D eigenvalue weighted by Crippen LogP contribution is -2.35. The topological polar surface area (TPSA) is 83.6 Å². The van der Waals surface area contributed by atoms with E-state index in [0.717, 1.165) is 30.8 Å². The minimum absolute atomic E-state index is 0.0125. The van der Waals surface area contributed by atoms with Crippen molar-refractivity contribution in [3.05, 3.63) is 69.6 Å². The molecule has 4 aromatic rings. The maximum absolute atomic E-state index is 14.9. The molecule has 36 heavy (non-hydrogen) atoms. The standard InChI is InChI=1S/C25H21FN4O3S3/c26-17-12-15(28-25(34)29-22(31)13-16-4-3-11-35-16)5-6-19(17)33-20-7-8-27-18-14-21(36-23(18)20)24(32)30-9-1-2-10-30/h3-8,11-12,14H,1-2,9-10,13H2,(H2,28,29,31,34). The number of nitrogens with one attached hydrogen (secondary N) is 2. The summed E-state index contributed by atoms with van der Waals surface area (Å²) >= 11 is 7.95. The number of nitrogens with zero attached hydrogens (tertiary/aromatic N) is 2. The first-order chi connectivity index (χ1) is 17.5. The summed E-state index contributed by atoms with van der Waals surface area (Å²) in [4.78, 5) is 32.6. The molecule has 4 heterocycles. The molecule has 11 heteroatoms. The van der Waals surface area contributed by atoms with Gasteiger partial charge in [0, 0.05) is 42.0 Å². The Labute approximate surface area is 219 Å². The minimum Gasteiger partial charge on any atom is -0.453 e. The number of halogens is 1. The number of hydrogen-bond acceptors (Lipinski definition) is 7. The van der Waals surface area contributed by atoms with E-state index < -0.39 is 5.82 Å². The van der Waals surface area contributed by atoms with E-state index in [1.807, 2.05) is 22.4 Å². The van der Waals surface area contributed by atoms with Gasteiger partial charge >= 0.3 is 0 Å². The molecule has 1 aliphatic rings. The third kappa shape index (κ3) is 5.53. The van der Waals surface area contributed by atoms with Crippen LogP contribution in [0.25, 0.3) is 10.2 Å². The monoisotopic (exact) mass is 540 g/mol. The number of thiocarbonyl (C=S) groups is 1. The Kier molecular flexibility index (Phi) is 7.21. The Morgan fingerprint density at radius 1 is 1.14 bits per heavy atom. The predicted molar refractivity (Wildman–Crippen MR) is 144 cm³/mol. The fraction of sp³-hybridized carbons (Fsp3) is 0.200. The van der Waals surface area contributed by atoms with Gasteiger partial charge in [-0.25, -0.2) is 4.39 Å². The van der Waals surface area contributed by atoms with Gasteiger partial charge in [-0.3, -0.25) is 14.6 Å². The van der Waals surface area contributed by atoms with E-state index in [9.17, 15) is 14.0 Å². The molecule has 184 valence electrons. The number of rotatable bonds is 6. The maximum Gasteiger partial charge on any atom is 0.264 e. The molecule has 0 saturated carbocycles. The highest BCUT2D eigenvalue weighted by atomic mass is 32.1. The van der Waals surface area contributed by atoms with Crippen LogP contribution in [0.5, 0.6) is 11.5 Å². The summed E-state index contributed by atoms with van der Waals surface area (Å²) in [5.74, 6) is -0.442. The number of aromatic nitrogens is 1. The van der Waals surface area contributed by atoms with Crippen LogP contribution in [0.4, 0.5) is 10.1 Å². The molecular formula is C25H21FN4O3S3. The van der Waals surface area contributed by atoms with Crippen molar-refractivity contribution >= 4 is 67.7 Å². The summed E-state index contributed by atoms with van der Waals surface area (Å²) in [6, 6.07) is 11.5. The Morgan fingerprint density at radius 3 is 2.72 bits per heavy atom. The number of anilines is 1. The zero-order chi connectivity index (χ0) is 25.1. The van der Waals surface area contributed by atoms with E-state index in [1.54, 1.807) is 24.4 Å². The van der Waals surface area contributed by atoms with Crippen molar-refractivity contribution in [2.24, 2.45) is 0 Å². The van der Waals surface area contributed by atoms with Crippen molar-refractivity contribution in [2.75, 3.05) is 18.4 Å². The molecule has 0 spiro atoms. The fourth-order valence-electron chi connectivity index (χ4n) is 3.86. The molecular weight excluding hydrogens is 519 g/mol. The van der Waals surface area contributed by atoms with Crippen LogP contribution in [0.2, 0.25) is 0 Å². The third-order valence-corrected chi connectivity index (χ3v) is 7.76. The predicted octanol–water partition coefficient (Wildman–Crippen LogP) is 5.58. The number of likely N-dealkylation sites (tertiary alicyclic amines) is 1. The Hall–Kier alpha value is -3.41.